The Morgan fingerprint density at radius 1 is 0.636 bits per heavy atom. The molecule has 29 heteroatoms. The van der Waals surface area contributed by atoms with E-state index in [1.54, 1.807) is 0 Å². The molecule has 0 aliphatic heterocycles. The molecule has 1 aliphatic carbocycles. The standard InChI is InChI=1S/C37H28ClN9O14S5/c1-37(66(59,60)61)16-14-23-24(15-17-37)27(45-47-30-19-22(63(50,51)52)8-13-31(30)64(53,54)55)10-9-26(23)44-46-28-11-12-29(33-25(28)6-3-7-32(33)65(56,57)58)40-36-42-34(38)41-35(43-36)39-20-4-2-5-21(18-20)62(48)49/h2-19H,1H3,(H,48,49)(H,50,51,52)(H,53,54,55)(H,56,57,58)(H,59,60,61)(H2,39,40,41,42,43)/p-1. The van der Waals surface area contributed by atoms with Gasteiger partial charge in [0.1, 0.15) is 20.2 Å². The van der Waals surface area contributed by atoms with Crippen molar-refractivity contribution in [2.45, 2.75) is 31.3 Å². The van der Waals surface area contributed by atoms with E-state index in [9.17, 15) is 60.6 Å². The molecule has 0 spiro atoms. The lowest BCUT2D eigenvalue weighted by atomic mass is 10.0. The highest BCUT2D eigenvalue weighted by Crippen LogP contribution is 2.42. The normalized spacial score (nSPS) is 16.1. The van der Waals surface area contributed by atoms with E-state index in [0.29, 0.717) is 18.2 Å². The van der Waals surface area contributed by atoms with Gasteiger partial charge in [-0.3, -0.25) is 22.4 Å². The summed E-state index contributed by atoms with van der Waals surface area (Å²) in [6.45, 7) is 1.17. The van der Waals surface area contributed by atoms with Crippen LogP contribution in [0.15, 0.2) is 137 Å². The van der Waals surface area contributed by atoms with E-state index in [1.165, 1.54) is 79.7 Å². The Bertz CT molecular complexity index is 3630. The Labute approximate surface area is 381 Å². The van der Waals surface area contributed by atoms with Gasteiger partial charge < -0.3 is 15.2 Å². The van der Waals surface area contributed by atoms with Gasteiger partial charge in [-0.2, -0.15) is 48.6 Å². The first-order chi connectivity index (χ1) is 30.8. The number of nitrogens with zero attached hydrogens (tertiary/aromatic N) is 7. The summed E-state index contributed by atoms with van der Waals surface area (Å²) in [6.07, 6.45) is 4.69. The van der Waals surface area contributed by atoms with Gasteiger partial charge in [0.2, 0.25) is 17.2 Å². The molecule has 0 fully saturated rings. The molecule has 6 aromatic rings. The van der Waals surface area contributed by atoms with Gasteiger partial charge in [-0.25, -0.2) is 0 Å². The smallest absolute Gasteiger partial charge is 0.296 e. The van der Waals surface area contributed by atoms with Crippen molar-refractivity contribution in [1.82, 2.24) is 15.0 Å². The molecule has 0 saturated carbocycles. The number of anilines is 4. The van der Waals surface area contributed by atoms with Crippen LogP contribution < -0.4 is 10.6 Å². The first kappa shape index (κ1) is 47.6. The van der Waals surface area contributed by atoms with Crippen LogP contribution in [0.3, 0.4) is 0 Å². The molecule has 0 amide bonds. The molecule has 6 N–H and O–H groups in total. The highest BCUT2D eigenvalue weighted by atomic mass is 35.5. The maximum Gasteiger partial charge on any atom is 0.296 e. The molecular formula is C37H27ClN9O14S5-. The lowest BCUT2D eigenvalue weighted by Crippen LogP contribution is -2.29. The molecule has 7 rings (SSSR count). The van der Waals surface area contributed by atoms with E-state index in [4.69, 9.17) is 11.6 Å². The number of benzene rings is 5. The number of nitrogens with one attached hydrogen (secondary N) is 2. The molecule has 66 heavy (non-hydrogen) atoms. The molecule has 0 bridgehead atoms. The van der Waals surface area contributed by atoms with Crippen molar-refractivity contribution >= 4 is 132 Å². The number of hydrogen-bond donors (Lipinski definition) is 6. The third kappa shape index (κ3) is 10.4. The van der Waals surface area contributed by atoms with Crippen LogP contribution in [0.5, 0.6) is 0 Å². The highest BCUT2D eigenvalue weighted by molar-refractivity contribution is 7.87. The number of halogens is 1. The van der Waals surface area contributed by atoms with Gasteiger partial charge >= 0.3 is 0 Å². The average molecular weight is 1020 g/mol. The molecule has 2 atom stereocenters. The second-order valence-corrected chi connectivity index (χ2v) is 21.1. The fourth-order valence-electron chi connectivity index (χ4n) is 6.19. The predicted octanol–water partition coefficient (Wildman–Crippen LogP) is 7.66. The van der Waals surface area contributed by atoms with E-state index >= 15 is 0 Å². The van der Waals surface area contributed by atoms with E-state index < -0.39 is 76.7 Å². The van der Waals surface area contributed by atoms with Gasteiger partial charge in [0.05, 0.1) is 27.6 Å². The summed E-state index contributed by atoms with van der Waals surface area (Å²) in [4.78, 5) is 10.00. The molecule has 1 heterocycles. The summed E-state index contributed by atoms with van der Waals surface area (Å²) in [6, 6.07) is 16.9. The maximum absolute atomic E-state index is 12.7. The highest BCUT2D eigenvalue weighted by Gasteiger charge is 2.34. The quantitative estimate of drug-likeness (QED) is 0.0367. The summed E-state index contributed by atoms with van der Waals surface area (Å²) in [5.41, 5.74) is -0.400. The van der Waals surface area contributed by atoms with Crippen molar-refractivity contribution in [2.75, 3.05) is 10.6 Å². The molecule has 5 aromatic carbocycles. The minimum Gasteiger partial charge on any atom is -0.768 e. The van der Waals surface area contributed by atoms with Crippen LogP contribution >= 0.6 is 11.6 Å². The molecule has 1 aliphatic rings. The lowest BCUT2D eigenvalue weighted by molar-refractivity contribution is 0.466. The van der Waals surface area contributed by atoms with Crippen LogP contribution in [0.2, 0.25) is 5.28 Å². The predicted molar refractivity (Wildman–Crippen MR) is 238 cm³/mol. The minimum absolute atomic E-state index is 0.00426. The van der Waals surface area contributed by atoms with Crippen LogP contribution in [0.1, 0.15) is 18.1 Å². The van der Waals surface area contributed by atoms with Crippen molar-refractivity contribution in [3.05, 3.63) is 113 Å². The number of fused-ring (bicyclic) bond motifs is 2. The minimum atomic E-state index is -5.02. The number of azo groups is 2. The number of aromatic nitrogens is 3. The van der Waals surface area contributed by atoms with Crippen LogP contribution in [0.4, 0.5) is 46.0 Å². The summed E-state index contributed by atoms with van der Waals surface area (Å²) >= 11 is 3.64. The van der Waals surface area contributed by atoms with Gasteiger partial charge in [-0.05, 0) is 96.3 Å². The third-order valence-corrected chi connectivity index (χ3v) is 14.2. The Kier molecular flexibility index (Phi) is 12.9. The van der Waals surface area contributed by atoms with Crippen LogP contribution in [-0.4, -0.2) is 80.3 Å². The zero-order valence-electron chi connectivity index (χ0n) is 32.8. The van der Waals surface area contributed by atoms with E-state index in [-0.39, 0.29) is 72.4 Å². The summed E-state index contributed by atoms with van der Waals surface area (Å²) in [7, 11) is -19.7. The fourth-order valence-corrected chi connectivity index (χ4v) is 9.07. The molecule has 23 nitrogen and oxygen atoms in total. The zero-order valence-corrected chi connectivity index (χ0v) is 37.7. The van der Waals surface area contributed by atoms with E-state index in [2.05, 4.69) is 46.0 Å². The maximum atomic E-state index is 12.7. The molecule has 0 radical (unpaired) electrons. The fraction of sp³-hybridized carbons (Fsp3) is 0.0541. The Hall–Kier alpha value is -6.31. The topological polar surface area (TPSA) is 370 Å². The number of rotatable bonds is 13. The van der Waals surface area contributed by atoms with Gasteiger partial charge in [-0.15, -0.1) is 20.5 Å². The second-order valence-electron chi connectivity index (χ2n) is 13.8. The van der Waals surface area contributed by atoms with Crippen molar-refractivity contribution in [2.24, 2.45) is 20.5 Å². The Morgan fingerprint density at radius 3 is 1.77 bits per heavy atom. The summed E-state index contributed by atoms with van der Waals surface area (Å²) in [5, 5.41) is 21.8. The number of hydrogen-bond acceptors (Lipinski definition) is 19. The third-order valence-electron chi connectivity index (χ3n) is 9.39. The lowest BCUT2D eigenvalue weighted by Gasteiger charge is -2.16. The molecular weight excluding hydrogens is 990 g/mol. The van der Waals surface area contributed by atoms with Gasteiger partial charge in [-0.1, -0.05) is 42.5 Å². The Morgan fingerprint density at radius 2 is 1.20 bits per heavy atom. The zero-order chi connectivity index (χ0) is 48.0. The first-order valence-corrected chi connectivity index (χ1v) is 25.2. The van der Waals surface area contributed by atoms with Crippen molar-refractivity contribution < 1.29 is 60.6 Å². The summed E-state index contributed by atoms with van der Waals surface area (Å²) in [5.74, 6) is -0.364. The second kappa shape index (κ2) is 17.8. The van der Waals surface area contributed by atoms with Crippen molar-refractivity contribution in [3.8, 4) is 0 Å². The molecule has 342 valence electrons. The van der Waals surface area contributed by atoms with Crippen molar-refractivity contribution in [1.29, 1.82) is 0 Å². The van der Waals surface area contributed by atoms with Crippen LogP contribution in [0.25, 0.3) is 22.9 Å². The van der Waals surface area contributed by atoms with Gasteiger partial charge in [0, 0.05) is 32.5 Å². The SMILES string of the molecule is CC1(S(=O)(=O)O)C=Cc2c(N=Nc3cc(S(=O)(=O)O)ccc3S(=O)(=O)O)ccc(N=Nc3ccc(Nc4nc(Cl)nc(Nc5cccc(S(=O)[O-])c5)n4)c4c(S(=O)(=O)O)cccc34)c2C=C1. The van der Waals surface area contributed by atoms with Crippen molar-refractivity contribution in [3.63, 3.8) is 0 Å². The molecule has 1 aromatic heterocycles. The summed E-state index contributed by atoms with van der Waals surface area (Å²) < 4.78 is 159. The van der Waals surface area contributed by atoms with Gasteiger partial charge in [0.25, 0.3) is 40.5 Å². The Balaban J connectivity index is 1.32. The van der Waals surface area contributed by atoms with E-state index in [1.807, 2.05) is 0 Å². The monoisotopic (exact) mass is 1020 g/mol. The van der Waals surface area contributed by atoms with Crippen LogP contribution in [0, 0.1) is 0 Å². The average Bonchev–Trinajstić information content (AvgIpc) is 3.41. The first-order valence-electron chi connectivity index (χ1n) is 17.9. The molecule has 0 saturated heterocycles. The molecule has 2 unspecified atom stereocenters. The van der Waals surface area contributed by atoms with Crippen LogP contribution in [-0.2, 0) is 51.6 Å². The largest absolute Gasteiger partial charge is 0.768 e. The van der Waals surface area contributed by atoms with E-state index in [0.717, 1.165) is 18.2 Å². The van der Waals surface area contributed by atoms with Gasteiger partial charge in [0.15, 0.2) is 0 Å².